The van der Waals surface area contributed by atoms with Crippen molar-refractivity contribution >= 4 is 11.2 Å². The van der Waals surface area contributed by atoms with Gasteiger partial charge in [0.1, 0.15) is 11.6 Å². The molecule has 0 fully saturated rings. The van der Waals surface area contributed by atoms with E-state index in [9.17, 15) is 17.7 Å². The minimum Gasteiger partial charge on any atom is -0.611 e. The number of hydrogen-bond acceptors (Lipinski definition) is 1. The van der Waals surface area contributed by atoms with Gasteiger partial charge in [-0.3, -0.25) is 0 Å². The zero-order valence-corrected chi connectivity index (χ0v) is 7.63. The lowest BCUT2D eigenvalue weighted by molar-refractivity contribution is 0.497. The maximum Gasteiger partial charge on any atom is 0.224 e. The molecule has 0 aliphatic rings. The molecule has 0 amide bonds. The summed E-state index contributed by atoms with van der Waals surface area (Å²) in [6.45, 7) is 1.53. The number of halogens is 3. The van der Waals surface area contributed by atoms with E-state index < -0.39 is 33.5 Å². The molecule has 1 atom stereocenters. The summed E-state index contributed by atoms with van der Waals surface area (Å²) in [5.74, 6) is -3.11. The Balaban J connectivity index is 3.20. The van der Waals surface area contributed by atoms with E-state index in [2.05, 4.69) is 0 Å². The molecule has 0 aliphatic carbocycles. The van der Waals surface area contributed by atoms with Crippen LogP contribution in [-0.2, 0) is 11.2 Å². The largest absolute Gasteiger partial charge is 0.611 e. The highest BCUT2D eigenvalue weighted by molar-refractivity contribution is 7.91. The van der Waals surface area contributed by atoms with Crippen LogP contribution in [0.5, 0.6) is 0 Å². The van der Waals surface area contributed by atoms with Gasteiger partial charge in [-0.05, 0) is 18.1 Å². The summed E-state index contributed by atoms with van der Waals surface area (Å²) in [5.41, 5.74) is 0. The highest BCUT2D eigenvalue weighted by atomic mass is 32.2. The molecule has 1 aromatic rings. The van der Waals surface area contributed by atoms with E-state index in [4.69, 9.17) is 0 Å². The fourth-order valence-electron chi connectivity index (χ4n) is 0.891. The van der Waals surface area contributed by atoms with Crippen LogP contribution in [0.15, 0.2) is 17.0 Å². The average Bonchev–Trinajstić information content (AvgIpc) is 2.02. The van der Waals surface area contributed by atoms with Crippen LogP contribution in [0.3, 0.4) is 0 Å². The Kier molecular flexibility index (Phi) is 3.22. The average molecular weight is 208 g/mol. The van der Waals surface area contributed by atoms with Crippen molar-refractivity contribution in [3.63, 3.8) is 0 Å². The monoisotopic (exact) mass is 208 g/mol. The molecule has 0 spiro atoms. The van der Waals surface area contributed by atoms with Gasteiger partial charge in [-0.15, -0.1) is 0 Å². The van der Waals surface area contributed by atoms with E-state index in [1.165, 1.54) is 6.92 Å². The number of rotatable bonds is 2. The van der Waals surface area contributed by atoms with Gasteiger partial charge in [-0.1, -0.05) is 0 Å². The molecule has 0 saturated heterocycles. The summed E-state index contributed by atoms with van der Waals surface area (Å²) in [6.07, 6.45) is 0. The van der Waals surface area contributed by atoms with Gasteiger partial charge in [0, 0.05) is 12.1 Å². The van der Waals surface area contributed by atoms with E-state index in [1.807, 2.05) is 0 Å². The normalized spacial score (nSPS) is 13.0. The molecule has 1 nitrogen and oxygen atoms in total. The van der Waals surface area contributed by atoms with Gasteiger partial charge in [-0.2, -0.15) is 0 Å². The molecule has 0 aromatic heterocycles. The minimum absolute atomic E-state index is 0.0967. The number of benzene rings is 1. The molecule has 0 aliphatic heterocycles. The van der Waals surface area contributed by atoms with Crippen LogP contribution in [-0.4, -0.2) is 10.3 Å². The quantitative estimate of drug-likeness (QED) is 0.683. The van der Waals surface area contributed by atoms with Crippen LogP contribution in [0.2, 0.25) is 0 Å². The zero-order valence-electron chi connectivity index (χ0n) is 6.81. The SMILES string of the molecule is CC[S+]([O-])c1c(F)cc(F)cc1F. The van der Waals surface area contributed by atoms with Crippen LogP contribution >= 0.6 is 0 Å². The summed E-state index contributed by atoms with van der Waals surface area (Å²) in [7, 11) is 0. The third kappa shape index (κ3) is 2.16. The first kappa shape index (κ1) is 10.4. The number of hydrogen-bond donors (Lipinski definition) is 0. The van der Waals surface area contributed by atoms with Crippen LogP contribution in [0.4, 0.5) is 13.2 Å². The minimum atomic E-state index is -1.74. The third-order valence-electron chi connectivity index (χ3n) is 1.45. The highest BCUT2D eigenvalue weighted by Gasteiger charge is 2.21. The molecule has 5 heteroatoms. The Labute approximate surface area is 76.8 Å². The van der Waals surface area contributed by atoms with E-state index in [0.29, 0.717) is 12.1 Å². The van der Waals surface area contributed by atoms with Gasteiger partial charge in [-0.25, -0.2) is 13.2 Å². The summed E-state index contributed by atoms with van der Waals surface area (Å²) in [6, 6.07) is 1.04. The van der Waals surface area contributed by atoms with Gasteiger partial charge in [0.2, 0.25) is 4.90 Å². The van der Waals surface area contributed by atoms with Crippen molar-refractivity contribution in [2.24, 2.45) is 0 Å². The summed E-state index contributed by atoms with van der Waals surface area (Å²) in [4.78, 5) is -0.552. The van der Waals surface area contributed by atoms with Crippen molar-refractivity contribution in [3.05, 3.63) is 29.6 Å². The molecule has 0 radical (unpaired) electrons. The van der Waals surface area contributed by atoms with Gasteiger partial charge >= 0.3 is 0 Å². The fraction of sp³-hybridized carbons (Fsp3) is 0.250. The maximum absolute atomic E-state index is 12.9. The topological polar surface area (TPSA) is 23.1 Å². The molecule has 0 saturated carbocycles. The van der Waals surface area contributed by atoms with E-state index in [-0.39, 0.29) is 5.75 Å². The molecule has 72 valence electrons. The lowest BCUT2D eigenvalue weighted by Gasteiger charge is -2.09. The molecular weight excluding hydrogens is 201 g/mol. The molecular formula is C8H7F3OS. The zero-order chi connectivity index (χ0) is 10.0. The van der Waals surface area contributed by atoms with Crippen molar-refractivity contribution in [3.8, 4) is 0 Å². The van der Waals surface area contributed by atoms with E-state index in [0.717, 1.165) is 0 Å². The molecule has 0 bridgehead atoms. The van der Waals surface area contributed by atoms with Crippen molar-refractivity contribution in [1.82, 2.24) is 0 Å². The van der Waals surface area contributed by atoms with Crippen LogP contribution < -0.4 is 0 Å². The van der Waals surface area contributed by atoms with Gasteiger partial charge in [0.05, 0.1) is 0 Å². The first-order chi connectivity index (χ1) is 6.06. The lowest BCUT2D eigenvalue weighted by atomic mass is 10.3. The Morgan fingerprint density at radius 3 is 2.08 bits per heavy atom. The standard InChI is InChI=1S/C8H7F3OS/c1-2-13(12)8-6(10)3-5(9)4-7(8)11/h3-4H,2H2,1H3. The molecule has 0 heterocycles. The predicted octanol–water partition coefficient (Wildman–Crippen LogP) is 2.23. The fourth-order valence-corrected chi connectivity index (χ4v) is 1.73. The Morgan fingerprint density at radius 1 is 1.23 bits per heavy atom. The Bertz CT molecular complexity index is 293. The van der Waals surface area contributed by atoms with Crippen molar-refractivity contribution in [2.45, 2.75) is 11.8 Å². The van der Waals surface area contributed by atoms with Crippen LogP contribution in [0, 0.1) is 17.5 Å². The third-order valence-corrected chi connectivity index (χ3v) is 2.82. The van der Waals surface area contributed by atoms with Gasteiger partial charge < -0.3 is 4.55 Å². The molecule has 0 N–H and O–H groups in total. The smallest absolute Gasteiger partial charge is 0.224 e. The highest BCUT2D eigenvalue weighted by Crippen LogP contribution is 2.20. The predicted molar refractivity (Wildman–Crippen MR) is 43.3 cm³/mol. The molecule has 13 heavy (non-hydrogen) atoms. The Hall–Kier alpha value is -0.680. The Morgan fingerprint density at radius 2 is 1.69 bits per heavy atom. The molecule has 1 rings (SSSR count). The van der Waals surface area contributed by atoms with Crippen LogP contribution in [0.1, 0.15) is 6.92 Å². The summed E-state index contributed by atoms with van der Waals surface area (Å²) < 4.78 is 49.2. The summed E-state index contributed by atoms with van der Waals surface area (Å²) >= 11 is -1.74. The van der Waals surface area contributed by atoms with Gasteiger partial charge in [0.15, 0.2) is 11.6 Å². The first-order valence-electron chi connectivity index (χ1n) is 3.59. The maximum atomic E-state index is 12.9. The lowest BCUT2D eigenvalue weighted by Crippen LogP contribution is -2.09. The van der Waals surface area contributed by atoms with Gasteiger partial charge in [0.25, 0.3) is 0 Å². The van der Waals surface area contributed by atoms with E-state index in [1.54, 1.807) is 0 Å². The van der Waals surface area contributed by atoms with Crippen LogP contribution in [0.25, 0.3) is 0 Å². The second kappa shape index (κ2) is 4.02. The molecule has 1 aromatic carbocycles. The second-order valence-electron chi connectivity index (χ2n) is 2.33. The second-order valence-corrected chi connectivity index (χ2v) is 4.01. The van der Waals surface area contributed by atoms with Crippen molar-refractivity contribution in [2.75, 3.05) is 5.75 Å². The van der Waals surface area contributed by atoms with Crippen molar-refractivity contribution in [1.29, 1.82) is 0 Å². The van der Waals surface area contributed by atoms with E-state index >= 15 is 0 Å². The summed E-state index contributed by atoms with van der Waals surface area (Å²) in [5, 5.41) is 0. The van der Waals surface area contributed by atoms with Crippen molar-refractivity contribution < 1.29 is 17.7 Å². The first-order valence-corrected chi connectivity index (χ1v) is 4.91. The molecule has 1 unspecified atom stereocenters.